The highest BCUT2D eigenvalue weighted by atomic mass is 16.5. The summed E-state index contributed by atoms with van der Waals surface area (Å²) in [6.07, 6.45) is 7.61. The summed E-state index contributed by atoms with van der Waals surface area (Å²) in [5.41, 5.74) is 2.13. The minimum atomic E-state index is -0.279. The summed E-state index contributed by atoms with van der Waals surface area (Å²) < 4.78 is 15.5. The first kappa shape index (κ1) is 26.1. The largest absolute Gasteiger partial charge is 0.457 e. The van der Waals surface area contributed by atoms with Crippen LogP contribution in [0.4, 0.5) is 11.4 Å². The molecule has 0 saturated carbocycles. The third-order valence-electron chi connectivity index (χ3n) is 6.00. The van der Waals surface area contributed by atoms with Gasteiger partial charge in [0.15, 0.2) is 24.8 Å². The maximum absolute atomic E-state index is 12.7. The summed E-state index contributed by atoms with van der Waals surface area (Å²) in [5.74, 6) is 2.22. The second-order valence-electron chi connectivity index (χ2n) is 9.14. The number of nitrogens with one attached hydrogen (secondary N) is 2. The van der Waals surface area contributed by atoms with Crippen molar-refractivity contribution in [2.24, 2.45) is 14.1 Å². The van der Waals surface area contributed by atoms with Crippen molar-refractivity contribution >= 4 is 23.2 Å². The molecule has 5 aromatic rings. The molecule has 5 rings (SSSR count). The number of anilines is 2. The van der Waals surface area contributed by atoms with Crippen LogP contribution < -0.4 is 29.2 Å². The maximum atomic E-state index is 12.7. The normalized spacial score (nSPS) is 10.4. The SMILES string of the molecule is C[n+]1ccc(Oc2ccc(NC(=O)c3ccc(C(=O)Nc4ccc(Oc5cc[n+](C)cc5)cc4)cc3)cc2)cc1. The van der Waals surface area contributed by atoms with Crippen molar-refractivity contribution in [2.75, 3.05) is 10.6 Å². The number of benzene rings is 3. The number of nitrogens with zero attached hydrogens (tertiary/aromatic N) is 2. The van der Waals surface area contributed by atoms with Crippen LogP contribution in [0.25, 0.3) is 0 Å². The standard InChI is InChI=1S/C32H26N4O4/c1-35-19-15-29(16-20-35)39-27-11-7-25(8-12-27)33-31(37)23-3-5-24(6-4-23)32(38)34-26-9-13-28(14-10-26)40-30-17-21-36(2)22-18-30/h3-22H,1-2H3/p+2. The molecule has 0 saturated heterocycles. The highest BCUT2D eigenvalue weighted by molar-refractivity contribution is 6.07. The van der Waals surface area contributed by atoms with Crippen molar-refractivity contribution in [3.63, 3.8) is 0 Å². The number of hydrogen-bond donors (Lipinski definition) is 2. The van der Waals surface area contributed by atoms with Crippen LogP contribution in [0.2, 0.25) is 0 Å². The smallest absolute Gasteiger partial charge is 0.255 e. The summed E-state index contributed by atoms with van der Waals surface area (Å²) in [7, 11) is 3.87. The van der Waals surface area contributed by atoms with E-state index in [1.165, 1.54) is 0 Å². The van der Waals surface area contributed by atoms with Crippen LogP contribution in [0.3, 0.4) is 0 Å². The van der Waals surface area contributed by atoms with Crippen molar-refractivity contribution in [1.29, 1.82) is 0 Å². The van der Waals surface area contributed by atoms with Crippen molar-refractivity contribution in [2.45, 2.75) is 0 Å². The molecule has 0 fully saturated rings. The van der Waals surface area contributed by atoms with Crippen LogP contribution in [-0.4, -0.2) is 11.8 Å². The van der Waals surface area contributed by atoms with Gasteiger partial charge in [0.25, 0.3) is 11.8 Å². The molecule has 2 N–H and O–H groups in total. The predicted molar refractivity (Wildman–Crippen MR) is 151 cm³/mol. The predicted octanol–water partition coefficient (Wildman–Crippen LogP) is 5.42. The van der Waals surface area contributed by atoms with Gasteiger partial charge in [0.2, 0.25) is 0 Å². The average Bonchev–Trinajstić information content (AvgIpc) is 2.97. The van der Waals surface area contributed by atoms with Crippen LogP contribution in [0.15, 0.2) is 122 Å². The zero-order valence-corrected chi connectivity index (χ0v) is 22.1. The van der Waals surface area contributed by atoms with Gasteiger partial charge >= 0.3 is 0 Å². The number of hydrogen-bond acceptors (Lipinski definition) is 4. The fraction of sp³-hybridized carbons (Fsp3) is 0.0625. The van der Waals surface area contributed by atoms with Gasteiger partial charge in [-0.2, -0.15) is 0 Å². The van der Waals surface area contributed by atoms with Crippen LogP contribution in [0, 0.1) is 0 Å². The zero-order valence-electron chi connectivity index (χ0n) is 22.1. The Hall–Kier alpha value is -5.50. The van der Waals surface area contributed by atoms with Gasteiger partial charge in [-0.25, -0.2) is 9.13 Å². The molecule has 0 spiro atoms. The highest BCUT2D eigenvalue weighted by Gasteiger charge is 2.11. The molecule has 0 aliphatic rings. The number of aryl methyl sites for hydroxylation is 2. The van der Waals surface area contributed by atoms with E-state index in [1.807, 2.05) is 72.3 Å². The van der Waals surface area contributed by atoms with Gasteiger partial charge in [0.05, 0.1) is 0 Å². The molecule has 0 atom stereocenters. The second kappa shape index (κ2) is 11.9. The van der Waals surface area contributed by atoms with E-state index in [0.717, 1.165) is 11.5 Å². The molecule has 0 bridgehead atoms. The third kappa shape index (κ3) is 6.87. The van der Waals surface area contributed by atoms with Crippen LogP contribution in [-0.2, 0) is 14.1 Å². The van der Waals surface area contributed by atoms with E-state index in [-0.39, 0.29) is 11.8 Å². The van der Waals surface area contributed by atoms with E-state index >= 15 is 0 Å². The molecular weight excluding hydrogens is 504 g/mol. The second-order valence-corrected chi connectivity index (χ2v) is 9.14. The minimum absolute atomic E-state index is 0.279. The molecule has 198 valence electrons. The Balaban J connectivity index is 1.13. The summed E-state index contributed by atoms with van der Waals surface area (Å²) in [6.45, 7) is 0. The summed E-state index contributed by atoms with van der Waals surface area (Å²) in [6, 6.07) is 28.2. The summed E-state index contributed by atoms with van der Waals surface area (Å²) in [5, 5.41) is 5.72. The van der Waals surface area contributed by atoms with E-state index in [9.17, 15) is 9.59 Å². The van der Waals surface area contributed by atoms with Gasteiger partial charge in [0, 0.05) is 46.8 Å². The minimum Gasteiger partial charge on any atom is -0.457 e. The lowest BCUT2D eigenvalue weighted by Gasteiger charge is -2.09. The van der Waals surface area contributed by atoms with Crippen molar-refractivity contribution in [3.05, 3.63) is 133 Å². The zero-order chi connectivity index (χ0) is 27.9. The lowest BCUT2D eigenvalue weighted by molar-refractivity contribution is -0.671. The van der Waals surface area contributed by atoms with Gasteiger partial charge in [-0.05, 0) is 72.8 Å². The van der Waals surface area contributed by atoms with E-state index in [0.29, 0.717) is 34.0 Å². The topological polar surface area (TPSA) is 84.4 Å². The van der Waals surface area contributed by atoms with Gasteiger partial charge in [-0.3, -0.25) is 9.59 Å². The van der Waals surface area contributed by atoms with Crippen LogP contribution in [0.1, 0.15) is 20.7 Å². The summed E-state index contributed by atoms with van der Waals surface area (Å²) >= 11 is 0. The Morgan fingerprint density at radius 1 is 0.475 bits per heavy atom. The fourth-order valence-corrected chi connectivity index (χ4v) is 3.77. The molecule has 2 aromatic heterocycles. The van der Waals surface area contributed by atoms with Gasteiger partial charge in [-0.15, -0.1) is 0 Å². The lowest BCUT2D eigenvalue weighted by Crippen LogP contribution is -2.25. The molecule has 0 aliphatic carbocycles. The Morgan fingerprint density at radius 3 is 1.10 bits per heavy atom. The quantitative estimate of drug-likeness (QED) is 0.261. The van der Waals surface area contributed by atoms with Crippen LogP contribution >= 0.6 is 0 Å². The molecular formula is C32H28N4O4+2. The first-order chi connectivity index (χ1) is 19.4. The molecule has 2 amide bonds. The number of pyridine rings is 2. The number of carbonyl (C=O) groups is 2. The van der Waals surface area contributed by atoms with Crippen LogP contribution in [0.5, 0.6) is 23.0 Å². The Morgan fingerprint density at radius 2 is 0.775 bits per heavy atom. The molecule has 8 heteroatoms. The first-order valence-corrected chi connectivity index (χ1v) is 12.6. The van der Waals surface area contributed by atoms with Gasteiger partial charge in [0.1, 0.15) is 37.1 Å². The Bertz CT molecular complexity index is 1480. The van der Waals surface area contributed by atoms with E-state index in [2.05, 4.69) is 10.6 Å². The number of ether oxygens (including phenoxy) is 2. The molecule has 2 heterocycles. The third-order valence-corrected chi connectivity index (χ3v) is 6.00. The molecule has 0 aliphatic heterocycles. The van der Waals surface area contributed by atoms with Gasteiger partial charge < -0.3 is 20.1 Å². The number of aromatic nitrogens is 2. The number of rotatable bonds is 8. The molecule has 40 heavy (non-hydrogen) atoms. The molecule has 0 radical (unpaired) electrons. The molecule has 8 nitrogen and oxygen atoms in total. The fourth-order valence-electron chi connectivity index (χ4n) is 3.77. The summed E-state index contributed by atoms with van der Waals surface area (Å²) in [4.78, 5) is 25.4. The highest BCUT2D eigenvalue weighted by Crippen LogP contribution is 2.24. The van der Waals surface area contributed by atoms with E-state index in [4.69, 9.17) is 9.47 Å². The Labute approximate surface area is 232 Å². The maximum Gasteiger partial charge on any atom is 0.255 e. The lowest BCUT2D eigenvalue weighted by atomic mass is 10.1. The van der Waals surface area contributed by atoms with Crippen molar-refractivity contribution in [1.82, 2.24) is 0 Å². The average molecular weight is 533 g/mol. The number of amides is 2. The van der Waals surface area contributed by atoms with E-state index in [1.54, 1.807) is 72.8 Å². The van der Waals surface area contributed by atoms with Crippen molar-refractivity contribution < 1.29 is 28.2 Å². The molecule has 3 aromatic carbocycles. The number of carbonyl (C=O) groups excluding carboxylic acids is 2. The first-order valence-electron chi connectivity index (χ1n) is 12.6. The van der Waals surface area contributed by atoms with E-state index < -0.39 is 0 Å². The van der Waals surface area contributed by atoms with Gasteiger partial charge in [-0.1, -0.05) is 0 Å². The Kier molecular flexibility index (Phi) is 7.78. The molecule has 0 unspecified atom stereocenters. The van der Waals surface area contributed by atoms with Crippen molar-refractivity contribution in [3.8, 4) is 23.0 Å². The monoisotopic (exact) mass is 532 g/mol.